The van der Waals surface area contributed by atoms with Crippen molar-refractivity contribution in [2.24, 2.45) is 0 Å². The molecule has 0 amide bonds. The van der Waals surface area contributed by atoms with Crippen LogP contribution in [-0.2, 0) is 9.98 Å². The maximum Gasteiger partial charge on any atom is 0.235 e. The van der Waals surface area contributed by atoms with E-state index in [0.717, 1.165) is 77.3 Å². The summed E-state index contributed by atoms with van der Waals surface area (Å²) in [4.78, 5) is 13.3. The van der Waals surface area contributed by atoms with E-state index in [9.17, 15) is 0 Å². The van der Waals surface area contributed by atoms with Crippen LogP contribution in [0.4, 0.5) is 17.3 Å². The van der Waals surface area contributed by atoms with Crippen molar-refractivity contribution in [1.82, 2.24) is 14.5 Å². The van der Waals surface area contributed by atoms with Crippen LogP contribution in [0.1, 0.15) is 22.3 Å². The second kappa shape index (κ2) is 15.1. The predicted octanol–water partition coefficient (Wildman–Crippen LogP) is 14.7. The topological polar surface area (TPSA) is 51.0 Å². The van der Waals surface area contributed by atoms with Crippen LogP contribution in [0, 0.1) is 0 Å². The molecule has 2 aromatic heterocycles. The first kappa shape index (κ1) is 40.0. The normalized spacial score (nSPS) is 15.5. The number of fused-ring (bicyclic) bond motifs is 16. The third-order valence-electron chi connectivity index (χ3n) is 15.2. The summed E-state index contributed by atoms with van der Waals surface area (Å²) in [6.45, 7) is 0. The van der Waals surface area contributed by atoms with Gasteiger partial charge in [-0.3, -0.25) is 4.90 Å². The second-order valence-electron chi connectivity index (χ2n) is 18.7. The maximum atomic E-state index is 17.0. The first-order chi connectivity index (χ1) is 35.1. The maximum absolute atomic E-state index is 17.0. The van der Waals surface area contributed by atoms with Gasteiger partial charge in [-0.2, -0.15) is 0 Å². The van der Waals surface area contributed by atoms with Gasteiger partial charge in [0.05, 0.1) is 44.5 Å². The first-order valence-electron chi connectivity index (χ1n) is 24.2. The van der Waals surface area contributed by atoms with Crippen molar-refractivity contribution in [3.8, 4) is 50.5 Å². The second-order valence-corrected chi connectivity index (χ2v) is 21.4. The van der Waals surface area contributed by atoms with E-state index in [1.54, 1.807) is 0 Å². The molecule has 0 saturated carbocycles. The van der Waals surface area contributed by atoms with Crippen LogP contribution >= 0.6 is 7.14 Å². The number of hydrogen-bond acceptors (Lipinski definition) is 4. The van der Waals surface area contributed by atoms with Crippen molar-refractivity contribution in [2.75, 3.05) is 4.90 Å². The Kier molecular flexibility index (Phi) is 8.49. The van der Waals surface area contributed by atoms with Crippen LogP contribution in [0.15, 0.2) is 249 Å². The summed E-state index contributed by atoms with van der Waals surface area (Å²) in [6, 6.07) is 87.7. The molecule has 2 aliphatic carbocycles. The lowest BCUT2D eigenvalue weighted by Gasteiger charge is -2.37. The summed E-state index contributed by atoms with van der Waals surface area (Å²) < 4.78 is 19.3. The molecule has 3 heterocycles. The molecule has 0 radical (unpaired) electrons. The largest absolute Gasteiger partial charge is 0.309 e. The van der Waals surface area contributed by atoms with Gasteiger partial charge in [-0.05, 0) is 99.1 Å². The zero-order chi connectivity index (χ0) is 46.8. The summed E-state index contributed by atoms with van der Waals surface area (Å²) in [6.07, 6.45) is 0. The fourth-order valence-electron chi connectivity index (χ4n) is 12.4. The molecule has 6 heteroatoms. The van der Waals surface area contributed by atoms with Crippen LogP contribution in [0.3, 0.4) is 0 Å². The molecule has 0 N–H and O–H groups in total. The van der Waals surface area contributed by atoms with Gasteiger partial charge in [0.1, 0.15) is 0 Å². The molecule has 3 aliphatic rings. The van der Waals surface area contributed by atoms with Gasteiger partial charge in [0, 0.05) is 38.2 Å². The van der Waals surface area contributed by atoms with Gasteiger partial charge < -0.3 is 9.13 Å². The van der Waals surface area contributed by atoms with E-state index in [1.807, 2.05) is 60.7 Å². The van der Waals surface area contributed by atoms with E-state index >= 15 is 4.57 Å². The van der Waals surface area contributed by atoms with Crippen molar-refractivity contribution in [2.45, 2.75) is 5.41 Å². The summed E-state index contributed by atoms with van der Waals surface area (Å²) in [5.74, 6) is 0.497. The third-order valence-corrected chi connectivity index (χ3v) is 18.4. The molecule has 0 fully saturated rings. The standard InChI is InChI=1S/C65H41N4OP/c70-71(45-24-8-3-9-25-45)61-35-19-18-34-58(61)69(60-39-38-59-62(63(60)71)49-29-13-17-33-57(49)68(59)44-22-6-2-7-23-44)64-66-55(42-20-4-1-5-21-42)41-56(67-64)43-36-37-54-50(40-43)48-28-12-16-32-53(48)65(54)51-30-14-10-26-46(51)47-27-11-15-31-52(47)65/h1-41H. The zero-order valence-corrected chi connectivity index (χ0v) is 39.2. The minimum absolute atomic E-state index is 0.452. The Morgan fingerprint density at radius 2 is 0.958 bits per heavy atom. The number of aromatic nitrogens is 3. The van der Waals surface area contributed by atoms with Gasteiger partial charge in [-0.15, -0.1) is 0 Å². The van der Waals surface area contributed by atoms with Crippen molar-refractivity contribution >= 4 is 62.2 Å². The predicted molar refractivity (Wildman–Crippen MR) is 291 cm³/mol. The van der Waals surface area contributed by atoms with Gasteiger partial charge in [-0.25, -0.2) is 9.97 Å². The fraction of sp³-hybridized carbons (Fsp3) is 0.0154. The molecule has 71 heavy (non-hydrogen) atoms. The summed E-state index contributed by atoms with van der Waals surface area (Å²) in [5, 5.41) is 4.28. The van der Waals surface area contributed by atoms with Gasteiger partial charge in [0.2, 0.25) is 5.95 Å². The minimum Gasteiger partial charge on any atom is -0.309 e. The van der Waals surface area contributed by atoms with Gasteiger partial charge >= 0.3 is 0 Å². The Balaban J connectivity index is 1.00. The Hall–Kier alpha value is -8.89. The smallest absolute Gasteiger partial charge is 0.235 e. The highest BCUT2D eigenvalue weighted by Crippen LogP contribution is 2.63. The van der Waals surface area contributed by atoms with Crippen LogP contribution in [0.25, 0.3) is 72.3 Å². The van der Waals surface area contributed by atoms with Gasteiger partial charge in [0.25, 0.3) is 0 Å². The van der Waals surface area contributed by atoms with Gasteiger partial charge in [-0.1, -0.05) is 194 Å². The lowest BCUT2D eigenvalue weighted by atomic mass is 9.70. The average Bonchev–Trinajstić information content (AvgIpc) is 4.06. The molecule has 1 unspecified atom stereocenters. The van der Waals surface area contributed by atoms with E-state index in [4.69, 9.17) is 9.97 Å². The molecule has 0 bridgehead atoms. The van der Waals surface area contributed by atoms with Crippen molar-refractivity contribution in [3.63, 3.8) is 0 Å². The SMILES string of the molecule is O=P1(c2ccccc2)c2ccccc2N(c2nc(-c3ccccc3)cc(-c3ccc4c(c3)-c3ccccc3C43c4ccccc4-c4ccccc43)n2)c2ccc3c(c21)c1ccccc1n3-c1ccccc1. The lowest BCUT2D eigenvalue weighted by Crippen LogP contribution is -2.37. The first-order valence-corrected chi connectivity index (χ1v) is 25.9. The Morgan fingerprint density at radius 3 is 1.66 bits per heavy atom. The highest BCUT2D eigenvalue weighted by Gasteiger charge is 2.51. The number of nitrogens with zero attached hydrogens (tertiary/aromatic N) is 4. The zero-order valence-electron chi connectivity index (χ0n) is 38.3. The van der Waals surface area contributed by atoms with E-state index < -0.39 is 12.6 Å². The van der Waals surface area contributed by atoms with Gasteiger partial charge in [0.15, 0.2) is 7.14 Å². The number of hydrogen-bond donors (Lipinski definition) is 0. The van der Waals surface area contributed by atoms with E-state index in [0.29, 0.717) is 5.95 Å². The molecule has 10 aromatic carbocycles. The molecular formula is C65H41N4OP. The number of rotatable bonds is 5. The van der Waals surface area contributed by atoms with Crippen LogP contribution < -0.4 is 20.8 Å². The number of anilines is 3. The van der Waals surface area contributed by atoms with Crippen LogP contribution in [-0.4, -0.2) is 14.5 Å². The van der Waals surface area contributed by atoms with Crippen molar-refractivity contribution in [3.05, 3.63) is 271 Å². The molecule has 1 atom stereocenters. The molecular weight excluding hydrogens is 884 g/mol. The number of benzene rings is 10. The van der Waals surface area contributed by atoms with E-state index in [2.05, 4.69) is 198 Å². The highest BCUT2D eigenvalue weighted by molar-refractivity contribution is 7.86. The molecule has 1 spiro atoms. The summed E-state index contributed by atoms with van der Waals surface area (Å²) in [5.41, 5.74) is 17.9. The van der Waals surface area contributed by atoms with E-state index in [1.165, 1.54) is 44.5 Å². The molecule has 332 valence electrons. The Labute approximate surface area is 411 Å². The molecule has 15 rings (SSSR count). The van der Waals surface area contributed by atoms with E-state index in [-0.39, 0.29) is 0 Å². The quantitative estimate of drug-likeness (QED) is 0.161. The molecule has 12 aromatic rings. The highest BCUT2D eigenvalue weighted by atomic mass is 31.2. The summed E-state index contributed by atoms with van der Waals surface area (Å²) in [7, 11) is -3.58. The average molecular weight is 925 g/mol. The van der Waals surface area contributed by atoms with Crippen LogP contribution in [0.2, 0.25) is 0 Å². The van der Waals surface area contributed by atoms with Crippen molar-refractivity contribution < 1.29 is 4.57 Å². The number of para-hydroxylation sites is 3. The molecule has 1 aliphatic heterocycles. The fourth-order valence-corrected chi connectivity index (χ4v) is 15.6. The monoisotopic (exact) mass is 924 g/mol. The van der Waals surface area contributed by atoms with Crippen LogP contribution in [0.5, 0.6) is 0 Å². The summed E-state index contributed by atoms with van der Waals surface area (Å²) >= 11 is 0. The molecule has 5 nitrogen and oxygen atoms in total. The minimum atomic E-state index is -3.58. The molecule has 0 saturated heterocycles. The van der Waals surface area contributed by atoms with Crippen molar-refractivity contribution in [1.29, 1.82) is 0 Å². The Bertz CT molecular complexity index is 4180. The Morgan fingerprint density at radius 1 is 0.408 bits per heavy atom. The lowest BCUT2D eigenvalue weighted by molar-refractivity contribution is 0.592. The third kappa shape index (κ3) is 5.44.